The molecule has 0 spiro atoms. The van der Waals surface area contributed by atoms with Crippen LogP contribution in [0.1, 0.15) is 13.8 Å². The van der Waals surface area contributed by atoms with Gasteiger partial charge in [-0.05, 0) is 26.2 Å². The van der Waals surface area contributed by atoms with E-state index in [1.54, 1.807) is 0 Å². The van der Waals surface area contributed by atoms with Gasteiger partial charge < -0.3 is 9.47 Å². The number of rotatable bonds is 4. The molecule has 0 amide bonds. The first kappa shape index (κ1) is 8.48. The van der Waals surface area contributed by atoms with Gasteiger partial charge in [-0.1, -0.05) is 0 Å². The van der Waals surface area contributed by atoms with Crippen LogP contribution in [-0.4, -0.2) is 19.5 Å². The SMILES string of the molecule is [C]#CC(OCC)OCC. The Balaban J connectivity index is 3.32. The maximum Gasteiger partial charge on any atom is 0.223 e. The van der Waals surface area contributed by atoms with E-state index >= 15 is 0 Å². The van der Waals surface area contributed by atoms with Crippen molar-refractivity contribution in [1.82, 2.24) is 0 Å². The van der Waals surface area contributed by atoms with Crippen molar-refractivity contribution < 1.29 is 9.47 Å². The Morgan fingerprint density at radius 1 is 1.33 bits per heavy atom. The molecular formula is C7H11O2. The average Bonchev–Trinajstić information content (AvgIpc) is 1.88. The van der Waals surface area contributed by atoms with Crippen LogP contribution in [-0.2, 0) is 9.47 Å². The van der Waals surface area contributed by atoms with Crippen molar-refractivity contribution in [3.63, 3.8) is 0 Å². The monoisotopic (exact) mass is 127 g/mol. The summed E-state index contributed by atoms with van der Waals surface area (Å²) < 4.78 is 9.82. The summed E-state index contributed by atoms with van der Waals surface area (Å²) in [6.07, 6.45) is 6.10. The van der Waals surface area contributed by atoms with Crippen molar-refractivity contribution in [3.8, 4) is 5.92 Å². The summed E-state index contributed by atoms with van der Waals surface area (Å²) in [4.78, 5) is 0. The van der Waals surface area contributed by atoms with E-state index in [0.29, 0.717) is 13.2 Å². The van der Waals surface area contributed by atoms with E-state index in [-0.39, 0.29) is 0 Å². The fourth-order valence-electron chi connectivity index (χ4n) is 0.434. The van der Waals surface area contributed by atoms with E-state index in [1.807, 2.05) is 13.8 Å². The van der Waals surface area contributed by atoms with Gasteiger partial charge in [-0.25, -0.2) is 0 Å². The van der Waals surface area contributed by atoms with E-state index in [4.69, 9.17) is 15.9 Å². The van der Waals surface area contributed by atoms with Gasteiger partial charge in [0.25, 0.3) is 0 Å². The van der Waals surface area contributed by atoms with Crippen LogP contribution in [0.5, 0.6) is 0 Å². The first-order chi connectivity index (χ1) is 4.35. The normalized spacial score (nSPS) is 9.56. The zero-order valence-electron chi connectivity index (χ0n) is 5.81. The highest BCUT2D eigenvalue weighted by atomic mass is 16.7. The van der Waals surface area contributed by atoms with Gasteiger partial charge in [0, 0.05) is 13.2 Å². The molecule has 0 aliphatic heterocycles. The van der Waals surface area contributed by atoms with Crippen LogP contribution in [0.4, 0.5) is 0 Å². The molecule has 0 saturated carbocycles. The zero-order valence-corrected chi connectivity index (χ0v) is 5.81. The van der Waals surface area contributed by atoms with Gasteiger partial charge in [-0.3, -0.25) is 0 Å². The van der Waals surface area contributed by atoms with Crippen LogP contribution in [0.3, 0.4) is 0 Å². The molecule has 0 aliphatic carbocycles. The van der Waals surface area contributed by atoms with Gasteiger partial charge in [0.1, 0.15) is 0 Å². The molecule has 2 nitrogen and oxygen atoms in total. The molecular weight excluding hydrogens is 116 g/mol. The van der Waals surface area contributed by atoms with E-state index in [0.717, 1.165) is 0 Å². The van der Waals surface area contributed by atoms with Crippen molar-refractivity contribution in [3.05, 3.63) is 6.42 Å². The van der Waals surface area contributed by atoms with Crippen molar-refractivity contribution >= 4 is 0 Å². The molecule has 1 radical (unpaired) electrons. The number of ether oxygens (including phenoxy) is 2. The summed E-state index contributed by atoms with van der Waals surface area (Å²) in [6.45, 7) is 4.81. The van der Waals surface area contributed by atoms with Gasteiger partial charge >= 0.3 is 0 Å². The van der Waals surface area contributed by atoms with Crippen LogP contribution in [0.25, 0.3) is 0 Å². The minimum absolute atomic E-state index is 0.552. The molecule has 51 valence electrons. The zero-order chi connectivity index (χ0) is 7.11. The minimum atomic E-state index is -0.569. The van der Waals surface area contributed by atoms with Crippen LogP contribution in [0.2, 0.25) is 0 Å². The first-order valence-electron chi connectivity index (χ1n) is 3.00. The molecule has 0 N–H and O–H groups in total. The van der Waals surface area contributed by atoms with E-state index < -0.39 is 6.29 Å². The summed E-state index contributed by atoms with van der Waals surface area (Å²) in [5.41, 5.74) is 0. The Morgan fingerprint density at radius 3 is 2.00 bits per heavy atom. The molecule has 0 aromatic rings. The Hall–Kier alpha value is -0.520. The fourth-order valence-corrected chi connectivity index (χ4v) is 0.434. The van der Waals surface area contributed by atoms with Crippen molar-refractivity contribution in [2.75, 3.05) is 13.2 Å². The molecule has 0 bridgehead atoms. The topological polar surface area (TPSA) is 18.5 Å². The Bertz CT molecular complexity index is 87.6. The van der Waals surface area contributed by atoms with Crippen LogP contribution < -0.4 is 0 Å². The second kappa shape index (κ2) is 5.61. The quantitative estimate of drug-likeness (QED) is 0.414. The van der Waals surface area contributed by atoms with E-state index in [2.05, 4.69) is 5.92 Å². The van der Waals surface area contributed by atoms with Crippen LogP contribution >= 0.6 is 0 Å². The third-order valence-corrected chi connectivity index (χ3v) is 0.754. The molecule has 0 saturated heterocycles. The molecule has 2 heteroatoms. The Kier molecular flexibility index (Phi) is 5.29. The lowest BCUT2D eigenvalue weighted by molar-refractivity contribution is -0.0971. The Morgan fingerprint density at radius 2 is 1.78 bits per heavy atom. The predicted molar refractivity (Wildman–Crippen MR) is 34.2 cm³/mol. The summed E-state index contributed by atoms with van der Waals surface area (Å²) in [5.74, 6) is 2.11. The maximum atomic E-state index is 6.67. The number of hydrogen-bond acceptors (Lipinski definition) is 2. The molecule has 0 unspecified atom stereocenters. The summed E-state index contributed by atoms with van der Waals surface area (Å²) in [5, 5.41) is 0. The molecule has 9 heavy (non-hydrogen) atoms. The lowest BCUT2D eigenvalue weighted by atomic mass is 10.6. The van der Waals surface area contributed by atoms with Crippen LogP contribution in [0.15, 0.2) is 0 Å². The molecule has 0 atom stereocenters. The van der Waals surface area contributed by atoms with Crippen molar-refractivity contribution in [2.24, 2.45) is 0 Å². The highest BCUT2D eigenvalue weighted by molar-refractivity contribution is 4.80. The first-order valence-corrected chi connectivity index (χ1v) is 3.00. The maximum absolute atomic E-state index is 6.67. The fraction of sp³-hybridized carbons (Fsp3) is 0.714. The molecule has 0 aromatic carbocycles. The lowest BCUT2D eigenvalue weighted by Gasteiger charge is -2.08. The number of hydrogen-bond donors (Lipinski definition) is 0. The second-order valence-corrected chi connectivity index (χ2v) is 1.39. The highest BCUT2D eigenvalue weighted by Crippen LogP contribution is 1.90. The molecule has 0 fully saturated rings. The standard InChI is InChI=1S/C7H11O2/c1-4-7(8-5-2)9-6-3/h7H,5-6H2,2-3H3. The largest absolute Gasteiger partial charge is 0.342 e. The predicted octanol–water partition coefficient (Wildman–Crippen LogP) is 0.975. The van der Waals surface area contributed by atoms with Crippen LogP contribution in [0, 0.1) is 12.3 Å². The van der Waals surface area contributed by atoms with Gasteiger partial charge in [0.2, 0.25) is 6.29 Å². The van der Waals surface area contributed by atoms with Crippen molar-refractivity contribution in [1.29, 1.82) is 0 Å². The van der Waals surface area contributed by atoms with E-state index in [9.17, 15) is 0 Å². The van der Waals surface area contributed by atoms with Gasteiger partial charge in [0.05, 0.1) is 0 Å². The van der Waals surface area contributed by atoms with Gasteiger partial charge in [-0.2, -0.15) is 0 Å². The molecule has 0 heterocycles. The smallest absolute Gasteiger partial charge is 0.223 e. The minimum Gasteiger partial charge on any atom is -0.342 e. The molecule has 0 aromatic heterocycles. The third kappa shape index (κ3) is 4.01. The van der Waals surface area contributed by atoms with Crippen molar-refractivity contribution in [2.45, 2.75) is 20.1 Å². The van der Waals surface area contributed by atoms with Gasteiger partial charge in [0.15, 0.2) is 0 Å². The van der Waals surface area contributed by atoms with Gasteiger partial charge in [-0.15, -0.1) is 0 Å². The van der Waals surface area contributed by atoms with E-state index in [1.165, 1.54) is 0 Å². The molecule has 0 rings (SSSR count). The highest BCUT2D eigenvalue weighted by Gasteiger charge is 1.99. The third-order valence-electron chi connectivity index (χ3n) is 0.754. The summed E-state index contributed by atoms with van der Waals surface area (Å²) in [7, 11) is 0. The summed E-state index contributed by atoms with van der Waals surface area (Å²) >= 11 is 0. The average molecular weight is 127 g/mol. The summed E-state index contributed by atoms with van der Waals surface area (Å²) in [6, 6.07) is 0. The second-order valence-electron chi connectivity index (χ2n) is 1.39. The molecule has 0 aliphatic rings. The lowest BCUT2D eigenvalue weighted by Crippen LogP contribution is -2.14. The Labute approximate surface area is 56.2 Å².